The maximum absolute atomic E-state index is 10.6. The maximum Gasteiger partial charge on any atom is 0.490 e. The molecule has 1 fully saturated rings. The number of carboxylic acids is 1. The topological polar surface area (TPSA) is 107 Å². The third-order valence-corrected chi connectivity index (χ3v) is 6.32. The number of nitrogens with zero attached hydrogens (tertiary/aromatic N) is 4. The standard InChI is InChI=1S/C24H25ClN6O.C2HF3O2/c1-30-9-11-31(12-10-30)21-7-6-18-14-17(21)5-3-16-4-8-22(32-2)20(13-16)28-23-19(25)15-26-24(27-18)29-23;3-2(4,5)1(6)7/h3-8,13-15H,9-12H2,1-2H3,(H2,26,27,28,29);(H,6,7). The SMILES string of the molecule is COc1ccc2ccc3cc(ccc3N3CCN(C)CC3)nc3[nH]c(nc1c2)C(Cl)=CN3.O=C(O)C(F)(F)F. The van der Waals surface area contributed by atoms with Crippen molar-refractivity contribution in [1.82, 2.24) is 19.9 Å². The van der Waals surface area contributed by atoms with Crippen LogP contribution in [0, 0.1) is 0 Å². The lowest BCUT2D eigenvalue weighted by atomic mass is 10.1. The number of carboxylic acid groups (broad SMARTS) is 1. The summed E-state index contributed by atoms with van der Waals surface area (Å²) in [5.74, 6) is -1.01. The van der Waals surface area contributed by atoms with E-state index in [0.717, 1.165) is 42.5 Å². The van der Waals surface area contributed by atoms with Crippen LogP contribution < -0.4 is 15.0 Å². The number of aromatic amines is 1. The molecule has 3 heterocycles. The van der Waals surface area contributed by atoms with Crippen LogP contribution in [0.3, 0.4) is 0 Å². The number of aliphatic carboxylic acids is 1. The molecular weight excluding hydrogens is 537 g/mol. The van der Waals surface area contributed by atoms with E-state index in [0.29, 0.717) is 28.1 Å². The fourth-order valence-corrected chi connectivity index (χ4v) is 4.11. The second kappa shape index (κ2) is 11.8. The lowest BCUT2D eigenvalue weighted by Crippen LogP contribution is -2.44. The molecule has 39 heavy (non-hydrogen) atoms. The summed E-state index contributed by atoms with van der Waals surface area (Å²) in [6.07, 6.45) is -3.40. The van der Waals surface area contributed by atoms with Gasteiger partial charge in [0.25, 0.3) is 0 Å². The number of piperazine rings is 1. The second-order valence-corrected chi connectivity index (χ2v) is 9.19. The van der Waals surface area contributed by atoms with Crippen LogP contribution in [0.15, 0.2) is 54.7 Å². The summed E-state index contributed by atoms with van der Waals surface area (Å²) in [6, 6.07) is 16.5. The van der Waals surface area contributed by atoms with Gasteiger partial charge in [0.05, 0.1) is 17.7 Å². The quantitative estimate of drug-likeness (QED) is 0.393. The van der Waals surface area contributed by atoms with Crippen molar-refractivity contribution < 1.29 is 27.8 Å². The number of halogens is 4. The van der Waals surface area contributed by atoms with E-state index in [1.807, 2.05) is 24.3 Å². The first kappa shape index (κ1) is 28.0. The zero-order valence-corrected chi connectivity index (χ0v) is 21.8. The van der Waals surface area contributed by atoms with Crippen molar-refractivity contribution >= 4 is 56.0 Å². The van der Waals surface area contributed by atoms with Gasteiger partial charge in [0.1, 0.15) is 11.3 Å². The zero-order valence-electron chi connectivity index (χ0n) is 21.1. The average Bonchev–Trinajstić information content (AvgIpc) is 2.90. The molecule has 206 valence electrons. The van der Waals surface area contributed by atoms with E-state index in [1.165, 1.54) is 5.69 Å². The van der Waals surface area contributed by atoms with Crippen LogP contribution in [-0.2, 0) is 4.79 Å². The lowest BCUT2D eigenvalue weighted by Gasteiger charge is -2.34. The molecule has 2 aromatic carbocycles. The lowest BCUT2D eigenvalue weighted by molar-refractivity contribution is -0.192. The highest BCUT2D eigenvalue weighted by atomic mass is 35.5. The molecule has 0 aliphatic carbocycles. The predicted octanol–water partition coefficient (Wildman–Crippen LogP) is 5.15. The highest BCUT2D eigenvalue weighted by Crippen LogP contribution is 2.27. The van der Waals surface area contributed by atoms with E-state index in [2.05, 4.69) is 51.4 Å². The molecule has 13 heteroatoms. The summed E-state index contributed by atoms with van der Waals surface area (Å²) in [5, 5.41) is 12.8. The molecule has 0 unspecified atom stereocenters. The van der Waals surface area contributed by atoms with Gasteiger partial charge in [-0.2, -0.15) is 13.2 Å². The first-order chi connectivity index (χ1) is 18.5. The molecule has 0 radical (unpaired) electrons. The molecule has 9 nitrogen and oxygen atoms in total. The number of likely N-dealkylation sites (N-methyl/N-ethyl adjacent to an activating group) is 1. The van der Waals surface area contributed by atoms with Crippen molar-refractivity contribution in [2.75, 3.05) is 50.6 Å². The number of nitrogens with one attached hydrogen (secondary N) is 2. The van der Waals surface area contributed by atoms with Gasteiger partial charge in [0.15, 0.2) is 5.82 Å². The molecule has 0 amide bonds. The second-order valence-electron chi connectivity index (χ2n) is 8.78. The Morgan fingerprint density at radius 1 is 1.05 bits per heavy atom. The Morgan fingerprint density at radius 2 is 1.74 bits per heavy atom. The van der Waals surface area contributed by atoms with Gasteiger partial charge in [0.2, 0.25) is 5.95 Å². The van der Waals surface area contributed by atoms with Gasteiger partial charge in [-0.25, -0.2) is 14.8 Å². The average molecular weight is 563 g/mol. The Morgan fingerprint density at radius 3 is 2.41 bits per heavy atom. The molecule has 1 saturated heterocycles. The van der Waals surface area contributed by atoms with E-state index in [-0.39, 0.29) is 0 Å². The van der Waals surface area contributed by atoms with Crippen LogP contribution in [-0.4, -0.2) is 77.4 Å². The molecule has 6 bridgehead atoms. The third kappa shape index (κ3) is 7.09. The van der Waals surface area contributed by atoms with E-state index in [4.69, 9.17) is 36.2 Å². The van der Waals surface area contributed by atoms with Crippen molar-refractivity contribution in [3.05, 3.63) is 60.6 Å². The Bertz CT molecular complexity index is 1500. The number of hydrogen-bond donors (Lipinski definition) is 3. The number of hydrogen-bond acceptors (Lipinski definition) is 7. The maximum atomic E-state index is 10.6. The number of benzene rings is 2. The van der Waals surface area contributed by atoms with Crippen molar-refractivity contribution in [2.45, 2.75) is 6.18 Å². The summed E-state index contributed by atoms with van der Waals surface area (Å²) in [6.45, 7) is 4.11. The summed E-state index contributed by atoms with van der Waals surface area (Å²) >= 11 is 6.38. The highest BCUT2D eigenvalue weighted by molar-refractivity contribution is 6.48. The summed E-state index contributed by atoms with van der Waals surface area (Å²) in [5.41, 5.74) is 2.74. The van der Waals surface area contributed by atoms with E-state index < -0.39 is 12.1 Å². The third-order valence-electron chi connectivity index (χ3n) is 6.03. The Labute approximate surface area is 226 Å². The van der Waals surface area contributed by atoms with Gasteiger partial charge in [0, 0.05) is 38.1 Å². The molecule has 2 aliphatic rings. The fourth-order valence-electron chi connectivity index (χ4n) is 3.96. The number of anilines is 2. The first-order valence-electron chi connectivity index (χ1n) is 11.8. The van der Waals surface area contributed by atoms with Crippen LogP contribution in [0.2, 0.25) is 0 Å². The number of aromatic nitrogens is 3. The Balaban J connectivity index is 0.000000448. The highest BCUT2D eigenvalue weighted by Gasteiger charge is 2.38. The predicted molar refractivity (Wildman–Crippen MR) is 145 cm³/mol. The molecule has 0 spiro atoms. The van der Waals surface area contributed by atoms with E-state index in [1.54, 1.807) is 13.3 Å². The smallest absolute Gasteiger partial charge is 0.490 e. The molecule has 3 N–H and O–H groups in total. The summed E-state index contributed by atoms with van der Waals surface area (Å²) < 4.78 is 37.3. The minimum Gasteiger partial charge on any atom is -0.494 e. The monoisotopic (exact) mass is 562 g/mol. The van der Waals surface area contributed by atoms with Gasteiger partial charge in [-0.15, -0.1) is 0 Å². The normalized spacial score (nSPS) is 14.9. The summed E-state index contributed by atoms with van der Waals surface area (Å²) in [7, 11) is 3.80. The van der Waals surface area contributed by atoms with Crippen LogP contribution >= 0.6 is 11.6 Å². The first-order valence-corrected chi connectivity index (χ1v) is 12.2. The van der Waals surface area contributed by atoms with Crippen LogP contribution in [0.25, 0.3) is 26.8 Å². The Kier molecular flexibility index (Phi) is 8.46. The van der Waals surface area contributed by atoms with Crippen LogP contribution in [0.5, 0.6) is 5.75 Å². The number of H-pyrrole nitrogens is 1. The largest absolute Gasteiger partial charge is 0.494 e. The minimum absolute atomic E-state index is 0.466. The van der Waals surface area contributed by atoms with Gasteiger partial charge in [-0.3, -0.25) is 0 Å². The number of fused-ring (bicyclic) bond motifs is 6. The van der Waals surface area contributed by atoms with Gasteiger partial charge < -0.3 is 29.9 Å². The number of alkyl halides is 3. The number of rotatable bonds is 2. The van der Waals surface area contributed by atoms with Crippen molar-refractivity contribution in [3.63, 3.8) is 0 Å². The number of ether oxygens (including phenoxy) is 1. The van der Waals surface area contributed by atoms with Crippen molar-refractivity contribution in [1.29, 1.82) is 0 Å². The van der Waals surface area contributed by atoms with Crippen LogP contribution in [0.4, 0.5) is 24.8 Å². The fraction of sp³-hybridized carbons (Fsp3) is 0.269. The van der Waals surface area contributed by atoms with E-state index >= 15 is 0 Å². The number of carbonyl (C=O) groups is 1. The molecule has 3 aromatic rings. The van der Waals surface area contributed by atoms with Crippen molar-refractivity contribution in [2.24, 2.45) is 0 Å². The Hall–Kier alpha value is -4.03. The van der Waals surface area contributed by atoms with Crippen LogP contribution in [0.1, 0.15) is 5.82 Å². The van der Waals surface area contributed by atoms with Gasteiger partial charge in [-0.1, -0.05) is 29.8 Å². The zero-order chi connectivity index (χ0) is 28.2. The molecule has 5 rings (SSSR count). The molecule has 0 atom stereocenters. The van der Waals surface area contributed by atoms with Gasteiger partial charge >= 0.3 is 12.1 Å². The van der Waals surface area contributed by atoms with Gasteiger partial charge in [-0.05, 0) is 48.2 Å². The molecule has 0 saturated carbocycles. The molecule has 1 aromatic heterocycles. The molecular formula is C26H26ClF3N6O3. The van der Waals surface area contributed by atoms with E-state index in [9.17, 15) is 13.2 Å². The summed E-state index contributed by atoms with van der Waals surface area (Å²) in [4.78, 5) is 26.3. The number of methoxy groups -OCH3 is 1. The van der Waals surface area contributed by atoms with Crippen molar-refractivity contribution in [3.8, 4) is 5.75 Å². The molecule has 2 aliphatic heterocycles. The minimum atomic E-state index is -5.08.